The Morgan fingerprint density at radius 2 is 1.85 bits per heavy atom. The molecule has 0 atom stereocenters. The summed E-state index contributed by atoms with van der Waals surface area (Å²) >= 11 is 0.910. The van der Waals surface area contributed by atoms with E-state index in [0.717, 1.165) is 11.3 Å². The van der Waals surface area contributed by atoms with Gasteiger partial charge in [-0.1, -0.05) is 30.3 Å². The number of nitrogens with one attached hydrogen (secondary N) is 1. The van der Waals surface area contributed by atoms with Crippen LogP contribution in [0.15, 0.2) is 64.7 Å². The minimum atomic E-state index is -3.96. The zero-order chi connectivity index (χ0) is 19.6. The Hall–Kier alpha value is -3.04. The molecule has 7 nitrogen and oxygen atoms in total. The molecule has 0 unspecified atom stereocenters. The average Bonchev–Trinajstić information content (AvgIpc) is 3.05. The normalized spacial score (nSPS) is 11.1. The van der Waals surface area contributed by atoms with Crippen molar-refractivity contribution >= 4 is 38.7 Å². The maximum Gasteiger partial charge on any atom is 0.348 e. The number of carboxylic acid groups (broad SMARTS) is 1. The number of aryl methyl sites for hydroxylation is 1. The zero-order valence-electron chi connectivity index (χ0n) is 14.0. The van der Waals surface area contributed by atoms with Gasteiger partial charge in [0.1, 0.15) is 10.6 Å². The van der Waals surface area contributed by atoms with Crippen LogP contribution >= 0.6 is 11.3 Å². The average molecular weight is 402 g/mol. The maximum absolute atomic E-state index is 12.7. The van der Waals surface area contributed by atoms with Crippen molar-refractivity contribution in [1.29, 1.82) is 0 Å². The van der Waals surface area contributed by atoms with Crippen LogP contribution in [0.25, 0.3) is 10.4 Å². The van der Waals surface area contributed by atoms with Gasteiger partial charge in [-0.15, -0.1) is 16.2 Å². The van der Waals surface area contributed by atoms with Crippen molar-refractivity contribution in [2.45, 2.75) is 11.8 Å². The van der Waals surface area contributed by atoms with Gasteiger partial charge in [-0.05, 0) is 47.5 Å². The first-order chi connectivity index (χ1) is 12.8. The van der Waals surface area contributed by atoms with Crippen molar-refractivity contribution in [1.82, 2.24) is 0 Å². The number of carboxylic acids is 1. The fourth-order valence-corrected chi connectivity index (χ4v) is 4.87. The highest BCUT2D eigenvalue weighted by molar-refractivity contribution is 7.92. The van der Waals surface area contributed by atoms with E-state index < -0.39 is 16.0 Å². The number of nitroso groups, excluding NO2 is 1. The lowest BCUT2D eigenvalue weighted by molar-refractivity contribution is 0.0703. The second-order valence-electron chi connectivity index (χ2n) is 5.67. The molecule has 3 rings (SSSR count). The van der Waals surface area contributed by atoms with E-state index in [2.05, 4.69) is 9.90 Å². The van der Waals surface area contributed by atoms with E-state index in [1.165, 1.54) is 24.3 Å². The fourth-order valence-electron chi connectivity index (χ4n) is 2.54. The van der Waals surface area contributed by atoms with Gasteiger partial charge in [-0.25, -0.2) is 13.2 Å². The number of hydrogen-bond donors (Lipinski definition) is 2. The number of aromatic carboxylic acids is 1. The van der Waals surface area contributed by atoms with Crippen LogP contribution in [0.5, 0.6) is 0 Å². The number of benzene rings is 2. The third-order valence-corrected chi connectivity index (χ3v) is 6.49. The Morgan fingerprint density at radius 1 is 1.11 bits per heavy atom. The highest BCUT2D eigenvalue weighted by Crippen LogP contribution is 2.37. The van der Waals surface area contributed by atoms with Gasteiger partial charge in [0.15, 0.2) is 0 Å². The number of thiophene rings is 1. The highest BCUT2D eigenvalue weighted by Gasteiger charge is 2.23. The smallest absolute Gasteiger partial charge is 0.348 e. The first-order valence-corrected chi connectivity index (χ1v) is 10.0. The third kappa shape index (κ3) is 3.88. The van der Waals surface area contributed by atoms with Crippen LogP contribution in [-0.2, 0) is 10.0 Å². The first-order valence-electron chi connectivity index (χ1n) is 7.71. The molecular formula is C18H14N2O5S2. The molecule has 0 radical (unpaired) electrons. The van der Waals surface area contributed by atoms with E-state index in [-0.39, 0.29) is 21.1 Å². The van der Waals surface area contributed by atoms with Crippen LogP contribution in [0.4, 0.5) is 11.4 Å². The lowest BCUT2D eigenvalue weighted by atomic mass is 10.1. The molecule has 0 spiro atoms. The van der Waals surface area contributed by atoms with E-state index in [1.807, 2.05) is 0 Å². The van der Waals surface area contributed by atoms with Gasteiger partial charge < -0.3 is 5.11 Å². The van der Waals surface area contributed by atoms with Crippen LogP contribution in [0.1, 0.15) is 15.2 Å². The second-order valence-corrected chi connectivity index (χ2v) is 8.37. The molecule has 1 aromatic heterocycles. The lowest BCUT2D eigenvalue weighted by Gasteiger charge is -2.09. The van der Waals surface area contributed by atoms with E-state index in [1.54, 1.807) is 37.3 Å². The fraction of sp³-hybridized carbons (Fsp3) is 0.0556. The van der Waals surface area contributed by atoms with Crippen molar-refractivity contribution in [2.75, 3.05) is 4.72 Å². The largest absolute Gasteiger partial charge is 0.477 e. The molecule has 0 aliphatic carbocycles. The molecule has 1 heterocycles. The second kappa shape index (κ2) is 7.29. The molecule has 0 saturated carbocycles. The minimum absolute atomic E-state index is 0.0322. The summed E-state index contributed by atoms with van der Waals surface area (Å²) in [6, 6.07) is 14.2. The van der Waals surface area contributed by atoms with Gasteiger partial charge in [-0.2, -0.15) is 0 Å². The first kappa shape index (κ1) is 18.7. The Kier molecular flexibility index (Phi) is 5.06. The zero-order valence-corrected chi connectivity index (χ0v) is 15.7. The molecule has 9 heteroatoms. The Morgan fingerprint density at radius 3 is 2.52 bits per heavy atom. The highest BCUT2D eigenvalue weighted by atomic mass is 32.2. The predicted molar refractivity (Wildman–Crippen MR) is 104 cm³/mol. The molecule has 0 aliphatic heterocycles. The van der Waals surface area contributed by atoms with Crippen LogP contribution in [0.3, 0.4) is 0 Å². The van der Waals surface area contributed by atoms with Gasteiger partial charge in [0, 0.05) is 4.88 Å². The van der Waals surface area contributed by atoms with Crippen LogP contribution in [0.2, 0.25) is 0 Å². The van der Waals surface area contributed by atoms with Gasteiger partial charge in [0.05, 0.1) is 10.6 Å². The number of rotatable bonds is 6. The lowest BCUT2D eigenvalue weighted by Crippen LogP contribution is -2.15. The SMILES string of the molecule is Cc1ccccc1S(=O)(=O)Nc1cc(-c2cccc(N=O)c2)sc1C(=O)O. The number of sulfonamides is 1. The summed E-state index contributed by atoms with van der Waals surface area (Å²) in [6.07, 6.45) is 0. The Bertz CT molecular complexity index is 1140. The maximum atomic E-state index is 12.7. The van der Waals surface area contributed by atoms with Crippen molar-refractivity contribution in [3.8, 4) is 10.4 Å². The van der Waals surface area contributed by atoms with Crippen LogP contribution < -0.4 is 4.72 Å². The summed E-state index contributed by atoms with van der Waals surface area (Å²) in [5.41, 5.74) is 1.28. The third-order valence-electron chi connectivity index (χ3n) is 3.79. The van der Waals surface area contributed by atoms with Crippen LogP contribution in [-0.4, -0.2) is 19.5 Å². The Labute approximate surface area is 159 Å². The molecule has 2 N–H and O–H groups in total. The molecule has 138 valence electrons. The summed E-state index contributed by atoms with van der Waals surface area (Å²) in [4.78, 5) is 22.7. The Balaban J connectivity index is 2.05. The quantitative estimate of drug-likeness (QED) is 0.584. The van der Waals surface area contributed by atoms with Crippen molar-refractivity contribution < 1.29 is 18.3 Å². The monoisotopic (exact) mass is 402 g/mol. The molecule has 0 amide bonds. The van der Waals surface area contributed by atoms with E-state index in [0.29, 0.717) is 16.0 Å². The molecule has 0 bridgehead atoms. The van der Waals surface area contributed by atoms with E-state index in [4.69, 9.17) is 0 Å². The van der Waals surface area contributed by atoms with Crippen molar-refractivity contribution in [2.24, 2.45) is 5.18 Å². The van der Waals surface area contributed by atoms with Crippen LogP contribution in [0, 0.1) is 11.8 Å². The van der Waals surface area contributed by atoms with Gasteiger partial charge >= 0.3 is 5.97 Å². The standard InChI is InChI=1S/C18H14N2O5S2/c1-11-5-2-3-8-16(11)27(24,25)20-14-10-15(26-17(14)18(21)22)12-6-4-7-13(9-12)19-23/h2-10,20H,1H3,(H,21,22). The molecule has 0 fully saturated rings. The summed E-state index contributed by atoms with van der Waals surface area (Å²) in [5, 5.41) is 12.3. The van der Waals surface area contributed by atoms with Crippen molar-refractivity contribution in [3.63, 3.8) is 0 Å². The van der Waals surface area contributed by atoms with E-state index in [9.17, 15) is 23.2 Å². The van der Waals surface area contributed by atoms with Crippen molar-refractivity contribution in [3.05, 3.63) is 69.9 Å². The topological polar surface area (TPSA) is 113 Å². The van der Waals surface area contributed by atoms with Gasteiger partial charge in [-0.3, -0.25) is 4.72 Å². The summed E-state index contributed by atoms with van der Waals surface area (Å²) < 4.78 is 27.7. The summed E-state index contributed by atoms with van der Waals surface area (Å²) in [5.74, 6) is -1.25. The number of carbonyl (C=O) groups is 1. The van der Waals surface area contributed by atoms with Gasteiger partial charge in [0.25, 0.3) is 10.0 Å². The summed E-state index contributed by atoms with van der Waals surface area (Å²) in [7, 11) is -3.96. The number of nitrogens with zero attached hydrogens (tertiary/aromatic N) is 1. The van der Waals surface area contributed by atoms with E-state index >= 15 is 0 Å². The summed E-state index contributed by atoms with van der Waals surface area (Å²) in [6.45, 7) is 1.66. The number of hydrogen-bond acceptors (Lipinski definition) is 6. The predicted octanol–water partition coefficient (Wildman–Crippen LogP) is 4.62. The van der Waals surface area contributed by atoms with Gasteiger partial charge in [0.2, 0.25) is 0 Å². The minimum Gasteiger partial charge on any atom is -0.477 e. The molecular weight excluding hydrogens is 388 g/mol. The molecule has 3 aromatic rings. The number of anilines is 1. The molecule has 2 aromatic carbocycles. The molecule has 27 heavy (non-hydrogen) atoms. The molecule has 0 aliphatic rings. The molecule has 0 saturated heterocycles.